The van der Waals surface area contributed by atoms with Crippen molar-refractivity contribution in [3.63, 3.8) is 0 Å². The maximum atomic E-state index is 10.3. The van der Waals surface area contributed by atoms with E-state index < -0.39 is 0 Å². The van der Waals surface area contributed by atoms with Crippen molar-refractivity contribution >= 4 is 6.29 Å². The van der Waals surface area contributed by atoms with Gasteiger partial charge in [-0.1, -0.05) is 30.2 Å². The highest BCUT2D eigenvalue weighted by molar-refractivity contribution is 5.74. The van der Waals surface area contributed by atoms with Crippen molar-refractivity contribution in [3.05, 3.63) is 35.4 Å². The number of benzene rings is 1. The van der Waals surface area contributed by atoms with Crippen LogP contribution in [0.15, 0.2) is 24.3 Å². The van der Waals surface area contributed by atoms with Gasteiger partial charge in [0.05, 0.1) is 6.54 Å². The van der Waals surface area contributed by atoms with E-state index in [0.717, 1.165) is 18.4 Å². The summed E-state index contributed by atoms with van der Waals surface area (Å²) < 4.78 is 0. The molecule has 0 aliphatic carbocycles. The van der Waals surface area contributed by atoms with Crippen LogP contribution in [0.5, 0.6) is 0 Å². The molecular formula is C11H11NO. The first-order valence-corrected chi connectivity index (χ1v) is 4.05. The topological polar surface area (TPSA) is 29.1 Å². The monoisotopic (exact) mass is 173 g/mol. The van der Waals surface area contributed by atoms with Gasteiger partial charge in [0.2, 0.25) is 0 Å². The molecule has 0 saturated heterocycles. The fourth-order valence-electron chi connectivity index (χ4n) is 0.993. The molecule has 1 N–H and O–H groups in total. The molecule has 13 heavy (non-hydrogen) atoms. The first-order chi connectivity index (χ1) is 6.36. The Hall–Kier alpha value is -1.59. The highest BCUT2D eigenvalue weighted by Crippen LogP contribution is 2.01. The summed E-state index contributed by atoms with van der Waals surface area (Å²) in [5.41, 5.74) is 1.82. The Morgan fingerprint density at radius 1 is 1.38 bits per heavy atom. The predicted octanol–water partition coefficient (Wildman–Crippen LogP) is 1.22. The molecule has 0 amide bonds. The molecule has 2 nitrogen and oxygen atoms in total. The average molecular weight is 173 g/mol. The van der Waals surface area contributed by atoms with Crippen LogP contribution in [0, 0.1) is 12.3 Å². The van der Waals surface area contributed by atoms with Crippen LogP contribution in [-0.2, 0) is 6.54 Å². The van der Waals surface area contributed by atoms with Gasteiger partial charge in [-0.15, -0.1) is 6.42 Å². The number of aldehydes is 1. The standard InChI is InChI=1S/C11H11NO/c1-2-7-12-8-10-3-5-11(9-13)6-4-10/h1,3-6,9,12H,7-8H2. The summed E-state index contributed by atoms with van der Waals surface area (Å²) in [6.07, 6.45) is 5.91. The number of terminal acetylenes is 1. The Morgan fingerprint density at radius 3 is 2.62 bits per heavy atom. The second kappa shape index (κ2) is 5.13. The van der Waals surface area contributed by atoms with Crippen molar-refractivity contribution in [2.24, 2.45) is 0 Å². The van der Waals surface area contributed by atoms with Gasteiger partial charge in [0.15, 0.2) is 0 Å². The minimum atomic E-state index is 0.565. The van der Waals surface area contributed by atoms with E-state index in [1.54, 1.807) is 12.1 Å². The minimum absolute atomic E-state index is 0.565. The van der Waals surface area contributed by atoms with Crippen LogP contribution in [0.1, 0.15) is 15.9 Å². The Kier molecular flexibility index (Phi) is 3.74. The maximum Gasteiger partial charge on any atom is 0.150 e. The third-order valence-electron chi connectivity index (χ3n) is 1.67. The lowest BCUT2D eigenvalue weighted by molar-refractivity contribution is 0.112. The van der Waals surface area contributed by atoms with Crippen LogP contribution in [0.25, 0.3) is 0 Å². The zero-order valence-corrected chi connectivity index (χ0v) is 7.29. The lowest BCUT2D eigenvalue weighted by Crippen LogP contribution is -2.12. The largest absolute Gasteiger partial charge is 0.302 e. The van der Waals surface area contributed by atoms with E-state index in [9.17, 15) is 4.79 Å². The van der Waals surface area contributed by atoms with Gasteiger partial charge in [-0.25, -0.2) is 0 Å². The number of hydrogen-bond acceptors (Lipinski definition) is 2. The molecule has 1 aromatic rings. The third kappa shape index (κ3) is 3.10. The van der Waals surface area contributed by atoms with Crippen LogP contribution in [-0.4, -0.2) is 12.8 Å². The summed E-state index contributed by atoms with van der Waals surface area (Å²) in [7, 11) is 0. The number of carbonyl (C=O) groups is 1. The smallest absolute Gasteiger partial charge is 0.150 e. The van der Waals surface area contributed by atoms with Crippen LogP contribution in [0.2, 0.25) is 0 Å². The molecule has 0 aliphatic heterocycles. The second-order valence-corrected chi connectivity index (χ2v) is 2.67. The maximum absolute atomic E-state index is 10.3. The van der Waals surface area contributed by atoms with Gasteiger partial charge < -0.3 is 5.32 Å². The summed E-state index contributed by atoms with van der Waals surface area (Å²) in [4.78, 5) is 10.3. The molecule has 66 valence electrons. The molecule has 0 atom stereocenters. The molecular weight excluding hydrogens is 162 g/mol. The molecule has 1 rings (SSSR count). The molecule has 0 bridgehead atoms. The molecule has 0 heterocycles. The van der Waals surface area contributed by atoms with Gasteiger partial charge in [-0.3, -0.25) is 4.79 Å². The highest BCUT2D eigenvalue weighted by Gasteiger charge is 1.91. The summed E-state index contributed by atoms with van der Waals surface area (Å²) in [6.45, 7) is 1.30. The molecule has 0 unspecified atom stereocenters. The first-order valence-electron chi connectivity index (χ1n) is 4.05. The molecule has 0 saturated carbocycles. The van der Waals surface area contributed by atoms with Gasteiger partial charge in [-0.05, 0) is 5.56 Å². The molecule has 0 aromatic heterocycles. The SMILES string of the molecule is C#CCNCc1ccc(C=O)cc1. The van der Waals surface area contributed by atoms with Gasteiger partial charge in [0.25, 0.3) is 0 Å². The van der Waals surface area contributed by atoms with E-state index in [0.29, 0.717) is 12.1 Å². The van der Waals surface area contributed by atoms with Crippen molar-refractivity contribution < 1.29 is 4.79 Å². The van der Waals surface area contributed by atoms with Crippen molar-refractivity contribution in [3.8, 4) is 12.3 Å². The number of nitrogens with one attached hydrogen (secondary N) is 1. The van der Waals surface area contributed by atoms with Gasteiger partial charge in [0.1, 0.15) is 6.29 Å². The molecule has 2 heteroatoms. The zero-order chi connectivity index (χ0) is 9.52. The van der Waals surface area contributed by atoms with Crippen molar-refractivity contribution in [2.45, 2.75) is 6.54 Å². The van der Waals surface area contributed by atoms with Crippen molar-refractivity contribution in [1.29, 1.82) is 0 Å². The normalized spacial score (nSPS) is 9.15. The Balaban J connectivity index is 2.50. The Labute approximate surface area is 78.0 Å². The van der Waals surface area contributed by atoms with Crippen LogP contribution in [0.3, 0.4) is 0 Å². The summed E-state index contributed by atoms with van der Waals surface area (Å²) in [5.74, 6) is 2.49. The van der Waals surface area contributed by atoms with E-state index in [4.69, 9.17) is 6.42 Å². The number of hydrogen-bond donors (Lipinski definition) is 1. The molecule has 0 fully saturated rings. The summed E-state index contributed by atoms with van der Waals surface area (Å²) >= 11 is 0. The van der Waals surface area contributed by atoms with Crippen LogP contribution in [0.4, 0.5) is 0 Å². The predicted molar refractivity (Wildman–Crippen MR) is 52.4 cm³/mol. The van der Waals surface area contributed by atoms with Crippen LogP contribution < -0.4 is 5.32 Å². The Morgan fingerprint density at radius 2 is 2.08 bits per heavy atom. The minimum Gasteiger partial charge on any atom is -0.302 e. The lowest BCUT2D eigenvalue weighted by atomic mass is 10.1. The van der Waals surface area contributed by atoms with Crippen molar-refractivity contribution in [2.75, 3.05) is 6.54 Å². The van der Waals surface area contributed by atoms with Gasteiger partial charge >= 0.3 is 0 Å². The van der Waals surface area contributed by atoms with Gasteiger partial charge in [0, 0.05) is 12.1 Å². The molecule has 0 aliphatic rings. The fraction of sp³-hybridized carbons (Fsp3) is 0.182. The van der Waals surface area contributed by atoms with E-state index in [1.165, 1.54) is 0 Å². The molecule has 0 radical (unpaired) electrons. The van der Waals surface area contributed by atoms with Crippen LogP contribution >= 0.6 is 0 Å². The van der Waals surface area contributed by atoms with E-state index in [-0.39, 0.29) is 0 Å². The molecule has 1 aromatic carbocycles. The lowest BCUT2D eigenvalue weighted by Gasteiger charge is -2.00. The van der Waals surface area contributed by atoms with Gasteiger partial charge in [-0.2, -0.15) is 0 Å². The summed E-state index contributed by atoms with van der Waals surface area (Å²) in [6, 6.07) is 7.40. The average Bonchev–Trinajstić information content (AvgIpc) is 2.19. The first kappa shape index (κ1) is 9.50. The fourth-order valence-corrected chi connectivity index (χ4v) is 0.993. The second-order valence-electron chi connectivity index (χ2n) is 2.67. The Bertz CT molecular complexity index is 308. The highest BCUT2D eigenvalue weighted by atomic mass is 16.1. The van der Waals surface area contributed by atoms with E-state index in [1.807, 2.05) is 12.1 Å². The summed E-state index contributed by atoms with van der Waals surface area (Å²) in [5, 5.41) is 3.06. The zero-order valence-electron chi connectivity index (χ0n) is 7.29. The quantitative estimate of drug-likeness (QED) is 0.421. The van der Waals surface area contributed by atoms with E-state index in [2.05, 4.69) is 11.2 Å². The van der Waals surface area contributed by atoms with E-state index >= 15 is 0 Å². The third-order valence-corrected chi connectivity index (χ3v) is 1.67. The number of rotatable bonds is 4. The van der Waals surface area contributed by atoms with Crippen molar-refractivity contribution in [1.82, 2.24) is 5.32 Å². The number of carbonyl (C=O) groups excluding carboxylic acids is 1. The molecule has 0 spiro atoms.